The number of benzene rings is 1. The molecular formula is C14H19N5. The number of nitrogens with zero attached hydrogens (tertiary/aromatic N) is 4. The summed E-state index contributed by atoms with van der Waals surface area (Å²) in [7, 11) is 0. The second-order valence-electron chi connectivity index (χ2n) is 5.08. The largest absolute Gasteiger partial charge is 0.312 e. The number of rotatable bonds is 3. The number of nitrogens with one attached hydrogen (secondary N) is 1. The maximum Gasteiger partial charge on any atom is 0.0971 e. The highest BCUT2D eigenvalue weighted by Gasteiger charge is 2.16. The van der Waals surface area contributed by atoms with Crippen molar-refractivity contribution >= 4 is 0 Å². The molecule has 1 atom stereocenters. The molecule has 1 fully saturated rings. The average molecular weight is 257 g/mol. The van der Waals surface area contributed by atoms with Crippen LogP contribution in [0.4, 0.5) is 0 Å². The predicted molar refractivity (Wildman–Crippen MR) is 74.1 cm³/mol. The Hall–Kier alpha value is -1.72. The van der Waals surface area contributed by atoms with Gasteiger partial charge < -0.3 is 5.32 Å². The summed E-state index contributed by atoms with van der Waals surface area (Å²) in [4.78, 5) is 2.42. The number of hydrogen-bond donors (Lipinski definition) is 1. The average Bonchev–Trinajstić information content (AvgIpc) is 2.88. The molecule has 19 heavy (non-hydrogen) atoms. The lowest BCUT2D eigenvalue weighted by Crippen LogP contribution is -2.48. The third-order valence-electron chi connectivity index (χ3n) is 3.40. The van der Waals surface area contributed by atoms with E-state index in [1.807, 2.05) is 41.2 Å². The molecule has 0 spiro atoms. The van der Waals surface area contributed by atoms with Gasteiger partial charge >= 0.3 is 0 Å². The first-order valence-electron chi connectivity index (χ1n) is 6.73. The fraction of sp³-hybridized carbons (Fsp3) is 0.429. The predicted octanol–water partition coefficient (Wildman–Crippen LogP) is 1.06. The summed E-state index contributed by atoms with van der Waals surface area (Å²) < 4.78 is 1.83. The van der Waals surface area contributed by atoms with Crippen molar-refractivity contribution in [3.05, 3.63) is 42.2 Å². The minimum atomic E-state index is 0.554. The van der Waals surface area contributed by atoms with Gasteiger partial charge in [-0.25, -0.2) is 4.68 Å². The lowest BCUT2D eigenvalue weighted by atomic mass is 10.2. The van der Waals surface area contributed by atoms with Crippen molar-refractivity contribution in [2.45, 2.75) is 19.5 Å². The van der Waals surface area contributed by atoms with Gasteiger partial charge in [-0.1, -0.05) is 23.4 Å². The maximum absolute atomic E-state index is 4.26. The minimum Gasteiger partial charge on any atom is -0.312 e. The van der Waals surface area contributed by atoms with Gasteiger partial charge in [-0.3, -0.25) is 4.90 Å². The molecule has 100 valence electrons. The van der Waals surface area contributed by atoms with Crippen LogP contribution in [0, 0.1) is 0 Å². The fourth-order valence-corrected chi connectivity index (χ4v) is 2.46. The quantitative estimate of drug-likeness (QED) is 0.893. The highest BCUT2D eigenvalue weighted by molar-refractivity contribution is 5.29. The highest BCUT2D eigenvalue weighted by Crippen LogP contribution is 2.08. The number of para-hydroxylation sites is 1. The van der Waals surface area contributed by atoms with E-state index in [1.54, 1.807) is 0 Å². The van der Waals surface area contributed by atoms with Crippen LogP contribution < -0.4 is 5.32 Å². The van der Waals surface area contributed by atoms with E-state index in [0.717, 1.165) is 37.6 Å². The lowest BCUT2D eigenvalue weighted by Gasteiger charge is -2.30. The van der Waals surface area contributed by atoms with Gasteiger partial charge in [-0.2, -0.15) is 0 Å². The first kappa shape index (κ1) is 12.3. The summed E-state index contributed by atoms with van der Waals surface area (Å²) in [5.41, 5.74) is 2.08. The van der Waals surface area contributed by atoms with E-state index in [-0.39, 0.29) is 0 Å². The van der Waals surface area contributed by atoms with Crippen molar-refractivity contribution in [1.29, 1.82) is 0 Å². The number of piperazine rings is 1. The summed E-state index contributed by atoms with van der Waals surface area (Å²) in [5, 5.41) is 11.9. The van der Waals surface area contributed by atoms with Crippen molar-refractivity contribution in [3.63, 3.8) is 0 Å². The van der Waals surface area contributed by atoms with E-state index >= 15 is 0 Å². The van der Waals surface area contributed by atoms with E-state index in [4.69, 9.17) is 0 Å². The molecule has 0 unspecified atom stereocenters. The Morgan fingerprint density at radius 3 is 2.95 bits per heavy atom. The summed E-state index contributed by atoms with van der Waals surface area (Å²) in [6.07, 6.45) is 2.02. The molecular weight excluding hydrogens is 238 g/mol. The molecule has 0 bridgehead atoms. The standard InChI is InChI=1S/C14H19N5/c1-12-9-18(8-7-15-12)10-13-11-19(17-16-13)14-5-3-2-4-6-14/h2-6,11-12,15H,7-10H2,1H3/t12-/m0/s1. The van der Waals surface area contributed by atoms with Gasteiger partial charge in [0.1, 0.15) is 0 Å². The van der Waals surface area contributed by atoms with Crippen LogP contribution in [0.3, 0.4) is 0 Å². The van der Waals surface area contributed by atoms with Crippen LogP contribution in [-0.2, 0) is 6.54 Å². The lowest BCUT2D eigenvalue weighted by molar-refractivity contribution is 0.197. The molecule has 5 heteroatoms. The zero-order chi connectivity index (χ0) is 13.1. The third-order valence-corrected chi connectivity index (χ3v) is 3.40. The van der Waals surface area contributed by atoms with E-state index in [9.17, 15) is 0 Å². The molecule has 1 aromatic carbocycles. The molecule has 1 aliphatic heterocycles. The summed E-state index contributed by atoms with van der Waals surface area (Å²) in [6.45, 7) is 6.28. The van der Waals surface area contributed by atoms with Crippen molar-refractivity contribution < 1.29 is 0 Å². The van der Waals surface area contributed by atoms with Crippen LogP contribution in [0.15, 0.2) is 36.5 Å². The monoisotopic (exact) mass is 257 g/mol. The van der Waals surface area contributed by atoms with Crippen molar-refractivity contribution in [2.75, 3.05) is 19.6 Å². The van der Waals surface area contributed by atoms with Crippen LogP contribution >= 0.6 is 0 Å². The molecule has 3 rings (SSSR count). The second-order valence-corrected chi connectivity index (χ2v) is 5.08. The Morgan fingerprint density at radius 2 is 2.16 bits per heavy atom. The molecule has 0 aliphatic carbocycles. The van der Waals surface area contributed by atoms with Crippen LogP contribution in [-0.4, -0.2) is 45.6 Å². The number of hydrogen-bond acceptors (Lipinski definition) is 4. The first-order chi connectivity index (χ1) is 9.31. The molecule has 2 aromatic rings. The zero-order valence-corrected chi connectivity index (χ0v) is 11.2. The molecule has 5 nitrogen and oxygen atoms in total. The number of aromatic nitrogens is 3. The second kappa shape index (κ2) is 5.50. The third kappa shape index (κ3) is 3.00. The summed E-state index contributed by atoms with van der Waals surface area (Å²) in [5.74, 6) is 0. The van der Waals surface area contributed by atoms with Crippen LogP contribution in [0.5, 0.6) is 0 Å². The molecule has 1 N–H and O–H groups in total. The molecule has 0 saturated carbocycles. The van der Waals surface area contributed by atoms with Crippen molar-refractivity contribution in [3.8, 4) is 5.69 Å². The van der Waals surface area contributed by atoms with Crippen LogP contribution in [0.25, 0.3) is 5.69 Å². The summed E-state index contributed by atoms with van der Waals surface area (Å²) in [6, 6.07) is 10.6. The van der Waals surface area contributed by atoms with Gasteiger partial charge in [0, 0.05) is 32.2 Å². The van der Waals surface area contributed by atoms with Gasteiger partial charge in [-0.15, -0.1) is 5.10 Å². The van der Waals surface area contributed by atoms with Gasteiger partial charge in [-0.05, 0) is 19.1 Å². The maximum atomic E-state index is 4.26. The Morgan fingerprint density at radius 1 is 1.32 bits per heavy atom. The van der Waals surface area contributed by atoms with E-state index in [0.29, 0.717) is 6.04 Å². The Labute approximate surface area is 113 Å². The van der Waals surface area contributed by atoms with Crippen LogP contribution in [0.2, 0.25) is 0 Å². The van der Waals surface area contributed by atoms with Gasteiger partial charge in [0.25, 0.3) is 0 Å². The molecule has 0 radical (unpaired) electrons. The highest BCUT2D eigenvalue weighted by atomic mass is 15.4. The van der Waals surface area contributed by atoms with Crippen LogP contribution in [0.1, 0.15) is 12.6 Å². The van der Waals surface area contributed by atoms with Crippen molar-refractivity contribution in [2.24, 2.45) is 0 Å². The Kier molecular flexibility index (Phi) is 3.57. The van der Waals surface area contributed by atoms with Gasteiger partial charge in [0.2, 0.25) is 0 Å². The van der Waals surface area contributed by atoms with Gasteiger partial charge in [0.15, 0.2) is 0 Å². The first-order valence-corrected chi connectivity index (χ1v) is 6.73. The SMILES string of the molecule is C[C@H]1CN(Cc2cn(-c3ccccc3)nn2)CCN1. The molecule has 1 saturated heterocycles. The zero-order valence-electron chi connectivity index (χ0n) is 11.2. The summed E-state index contributed by atoms with van der Waals surface area (Å²) >= 11 is 0. The fourth-order valence-electron chi connectivity index (χ4n) is 2.46. The Bertz CT molecular complexity index is 522. The topological polar surface area (TPSA) is 46.0 Å². The molecule has 1 aliphatic rings. The van der Waals surface area contributed by atoms with Gasteiger partial charge in [0.05, 0.1) is 17.6 Å². The van der Waals surface area contributed by atoms with E-state index in [2.05, 4.69) is 27.5 Å². The minimum absolute atomic E-state index is 0.554. The molecule has 2 heterocycles. The Balaban J connectivity index is 1.68. The smallest absolute Gasteiger partial charge is 0.0971 e. The molecule has 1 aromatic heterocycles. The van der Waals surface area contributed by atoms with E-state index < -0.39 is 0 Å². The van der Waals surface area contributed by atoms with E-state index in [1.165, 1.54) is 0 Å². The normalized spacial score (nSPS) is 20.6. The molecule has 0 amide bonds. The van der Waals surface area contributed by atoms with Crippen molar-refractivity contribution in [1.82, 2.24) is 25.2 Å².